The van der Waals surface area contributed by atoms with Gasteiger partial charge in [0.15, 0.2) is 24.7 Å². The Morgan fingerprint density at radius 1 is 1.22 bits per heavy atom. The lowest BCUT2D eigenvalue weighted by Gasteiger charge is -2.49. The molecule has 0 aliphatic carbocycles. The molecule has 2 atom stereocenters. The molecule has 1 saturated heterocycles. The number of anilines is 1. The Hall–Kier alpha value is -4.46. The summed E-state index contributed by atoms with van der Waals surface area (Å²) in [7, 11) is 0. The zero-order valence-corrected chi connectivity index (χ0v) is 19.4. The molecule has 36 heavy (non-hydrogen) atoms. The number of oxime groups is 1. The van der Waals surface area contributed by atoms with Gasteiger partial charge in [0, 0.05) is 23.5 Å². The SMILES string of the molecule is Nc1cccc(C(=NOCC(=O)O)C(=O)NC2C(=O)N3C(C(=O)O)=C(C[n+]4ccccc4)CS[C@H]23)n1. The Bertz CT molecular complexity index is 1280. The Morgan fingerprint density at radius 2 is 1.97 bits per heavy atom. The van der Waals surface area contributed by atoms with Crippen molar-refractivity contribution in [3.8, 4) is 0 Å². The topological polar surface area (TPSA) is 188 Å². The van der Waals surface area contributed by atoms with E-state index in [4.69, 9.17) is 15.7 Å². The molecule has 4 heterocycles. The van der Waals surface area contributed by atoms with Gasteiger partial charge in [0.2, 0.25) is 6.61 Å². The number of nitrogens with two attached hydrogens (primary N) is 1. The first kappa shape index (κ1) is 24.7. The van der Waals surface area contributed by atoms with Crippen LogP contribution in [0.25, 0.3) is 0 Å². The second kappa shape index (κ2) is 10.4. The molecule has 2 aliphatic heterocycles. The molecule has 0 spiro atoms. The highest BCUT2D eigenvalue weighted by Crippen LogP contribution is 2.40. The van der Waals surface area contributed by atoms with Gasteiger partial charge in [0.25, 0.3) is 11.8 Å². The number of hydrogen-bond donors (Lipinski definition) is 4. The van der Waals surface area contributed by atoms with Gasteiger partial charge in [-0.2, -0.15) is 0 Å². The average molecular weight is 514 g/mol. The number of rotatable bonds is 9. The van der Waals surface area contributed by atoms with Crippen molar-refractivity contribution < 1.29 is 38.8 Å². The van der Waals surface area contributed by atoms with E-state index >= 15 is 0 Å². The maximum Gasteiger partial charge on any atom is 0.352 e. The van der Waals surface area contributed by atoms with Crippen molar-refractivity contribution in [3.05, 3.63) is 65.8 Å². The number of aliphatic carboxylic acids is 2. The molecule has 0 radical (unpaired) electrons. The molecule has 0 aromatic carbocycles. The first-order valence-corrected chi connectivity index (χ1v) is 11.6. The van der Waals surface area contributed by atoms with Crippen molar-refractivity contribution in [2.45, 2.75) is 18.0 Å². The van der Waals surface area contributed by atoms with Crippen LogP contribution in [0.4, 0.5) is 5.82 Å². The highest BCUT2D eigenvalue weighted by Gasteiger charge is 2.54. The maximum absolute atomic E-state index is 13.0. The van der Waals surface area contributed by atoms with Gasteiger partial charge < -0.3 is 26.1 Å². The number of nitrogen functional groups attached to an aromatic ring is 1. The largest absolute Gasteiger partial charge is 0.479 e. The van der Waals surface area contributed by atoms with Crippen LogP contribution in [0.2, 0.25) is 0 Å². The molecule has 13 nitrogen and oxygen atoms in total. The highest BCUT2D eigenvalue weighted by molar-refractivity contribution is 8.00. The minimum atomic E-state index is -1.31. The van der Waals surface area contributed by atoms with Gasteiger partial charge in [-0.25, -0.2) is 19.1 Å². The quantitative estimate of drug-likeness (QED) is 0.143. The van der Waals surface area contributed by atoms with Crippen molar-refractivity contribution in [1.29, 1.82) is 0 Å². The summed E-state index contributed by atoms with van der Waals surface area (Å²) in [6, 6.07) is 8.85. The summed E-state index contributed by atoms with van der Waals surface area (Å²) in [5, 5.41) is 24.1. The first-order chi connectivity index (χ1) is 17.3. The average Bonchev–Trinajstić information content (AvgIpc) is 2.85. The molecule has 2 aliphatic rings. The second-order valence-electron chi connectivity index (χ2n) is 7.72. The number of carboxylic acid groups (broad SMARTS) is 2. The summed E-state index contributed by atoms with van der Waals surface area (Å²) in [6.07, 6.45) is 3.59. The predicted molar refractivity (Wildman–Crippen MR) is 125 cm³/mol. The lowest BCUT2D eigenvalue weighted by atomic mass is 10.0. The van der Waals surface area contributed by atoms with Gasteiger partial charge >= 0.3 is 11.9 Å². The minimum absolute atomic E-state index is 0.00566. The summed E-state index contributed by atoms with van der Waals surface area (Å²) in [5.41, 5.74) is 5.75. The highest BCUT2D eigenvalue weighted by atomic mass is 32.2. The maximum atomic E-state index is 13.0. The summed E-state index contributed by atoms with van der Waals surface area (Å²) >= 11 is 1.32. The summed E-state index contributed by atoms with van der Waals surface area (Å²) in [4.78, 5) is 58.7. The number of carbonyl (C=O) groups excluding carboxylic acids is 2. The van der Waals surface area contributed by atoms with Crippen LogP contribution in [0.5, 0.6) is 0 Å². The predicted octanol–water partition coefficient (Wildman–Crippen LogP) is -0.805. The van der Waals surface area contributed by atoms with Crippen LogP contribution in [0.1, 0.15) is 5.69 Å². The lowest BCUT2D eigenvalue weighted by Crippen LogP contribution is -2.71. The third-order valence-electron chi connectivity index (χ3n) is 5.26. The number of aromatic nitrogens is 2. The monoisotopic (exact) mass is 513 g/mol. The first-order valence-electron chi connectivity index (χ1n) is 10.6. The summed E-state index contributed by atoms with van der Waals surface area (Å²) in [5.74, 6) is -3.58. The van der Waals surface area contributed by atoms with E-state index in [1.807, 2.05) is 18.2 Å². The number of carboxylic acids is 2. The molecule has 1 unspecified atom stereocenters. The number of pyridine rings is 2. The van der Waals surface area contributed by atoms with Crippen molar-refractivity contribution in [2.75, 3.05) is 18.1 Å². The van der Waals surface area contributed by atoms with Gasteiger partial charge in [-0.15, -0.1) is 11.8 Å². The van der Waals surface area contributed by atoms with E-state index in [1.54, 1.807) is 17.0 Å². The Morgan fingerprint density at radius 3 is 2.64 bits per heavy atom. The zero-order chi connectivity index (χ0) is 25.8. The van der Waals surface area contributed by atoms with E-state index in [0.717, 1.165) is 4.90 Å². The van der Waals surface area contributed by atoms with Crippen molar-refractivity contribution in [1.82, 2.24) is 15.2 Å². The number of fused-ring (bicyclic) bond motifs is 1. The van der Waals surface area contributed by atoms with Gasteiger partial charge in [0.1, 0.15) is 28.6 Å². The van der Waals surface area contributed by atoms with E-state index in [1.165, 1.54) is 30.0 Å². The van der Waals surface area contributed by atoms with E-state index in [-0.39, 0.29) is 22.9 Å². The molecular weight excluding hydrogens is 492 g/mol. The molecule has 5 N–H and O–H groups in total. The molecule has 14 heteroatoms. The van der Waals surface area contributed by atoms with E-state index in [9.17, 15) is 24.3 Å². The number of β-lactam (4-membered cyclic amide) rings is 1. The fraction of sp³-hybridized carbons (Fsp3) is 0.227. The standard InChI is InChI=1S/C22H20N6O7S/c23-14-6-4-5-13(24-14)16(26-35-10-15(29)30)19(31)25-17-20(32)28-18(22(33)34)12(11-36-21(17)28)9-27-7-2-1-3-8-27/h1-8,17,21H,9-11H2,(H4-,23,24,25,29,30,31,33,34)/p+1/t17?,21-/m1/s1. The lowest BCUT2D eigenvalue weighted by molar-refractivity contribution is -0.689. The Balaban J connectivity index is 1.54. The van der Waals surface area contributed by atoms with Crippen LogP contribution >= 0.6 is 11.8 Å². The minimum Gasteiger partial charge on any atom is -0.479 e. The second-order valence-corrected chi connectivity index (χ2v) is 8.83. The number of nitrogens with zero attached hydrogens (tertiary/aromatic N) is 4. The van der Waals surface area contributed by atoms with Crippen molar-refractivity contribution in [2.24, 2.45) is 5.16 Å². The molecule has 0 saturated carbocycles. The molecule has 4 rings (SSSR count). The molecule has 2 aromatic rings. The molecule has 2 amide bonds. The number of hydrogen-bond acceptors (Lipinski definition) is 9. The van der Waals surface area contributed by atoms with Crippen molar-refractivity contribution >= 4 is 47.0 Å². The number of nitrogens with one attached hydrogen (secondary N) is 1. The normalized spacial score (nSPS) is 19.3. The van der Waals surface area contributed by atoms with Gasteiger partial charge in [-0.1, -0.05) is 17.3 Å². The number of amides is 2. The van der Waals surface area contributed by atoms with E-state index in [0.29, 0.717) is 17.9 Å². The van der Waals surface area contributed by atoms with Crippen LogP contribution < -0.4 is 15.6 Å². The third kappa shape index (κ3) is 5.12. The molecule has 1 fully saturated rings. The van der Waals surface area contributed by atoms with E-state index < -0.39 is 41.8 Å². The summed E-state index contributed by atoms with van der Waals surface area (Å²) < 4.78 is 1.81. The Labute approximate surface area is 208 Å². The third-order valence-corrected chi connectivity index (χ3v) is 6.60. The van der Waals surface area contributed by atoms with Gasteiger partial charge in [-0.3, -0.25) is 14.5 Å². The van der Waals surface area contributed by atoms with Crippen LogP contribution in [0.3, 0.4) is 0 Å². The molecule has 186 valence electrons. The smallest absolute Gasteiger partial charge is 0.352 e. The number of thioether (sulfide) groups is 1. The molecule has 0 bridgehead atoms. The Kier molecular flexibility index (Phi) is 7.15. The van der Waals surface area contributed by atoms with E-state index in [2.05, 4.69) is 15.5 Å². The van der Waals surface area contributed by atoms with Crippen LogP contribution in [0.15, 0.2) is 65.2 Å². The van der Waals surface area contributed by atoms with Gasteiger partial charge in [-0.05, 0) is 12.1 Å². The van der Waals surface area contributed by atoms with Crippen LogP contribution in [-0.4, -0.2) is 73.3 Å². The van der Waals surface area contributed by atoms with Crippen LogP contribution in [-0.2, 0) is 30.6 Å². The van der Waals surface area contributed by atoms with Gasteiger partial charge in [0.05, 0.1) is 0 Å². The van der Waals surface area contributed by atoms with Crippen molar-refractivity contribution in [3.63, 3.8) is 0 Å². The molecule has 2 aromatic heterocycles. The number of carbonyl (C=O) groups is 4. The summed E-state index contributed by atoms with van der Waals surface area (Å²) in [6.45, 7) is -0.509. The fourth-order valence-corrected chi connectivity index (χ4v) is 5.05. The fourth-order valence-electron chi connectivity index (χ4n) is 3.71. The van der Waals surface area contributed by atoms with Crippen LogP contribution in [0, 0.1) is 0 Å². The zero-order valence-electron chi connectivity index (χ0n) is 18.6. The molecular formula is C22H21N6O7S+.